The van der Waals surface area contributed by atoms with Crippen molar-refractivity contribution in [3.8, 4) is 11.1 Å². The highest BCUT2D eigenvalue weighted by atomic mass is 16.5. The summed E-state index contributed by atoms with van der Waals surface area (Å²) < 4.78 is 16.1. The molecule has 0 spiro atoms. The molecular weight excluding hydrogens is 452 g/mol. The Morgan fingerprint density at radius 3 is 2.31 bits per heavy atom. The van der Waals surface area contributed by atoms with Gasteiger partial charge < -0.3 is 30.0 Å². The lowest BCUT2D eigenvalue weighted by Gasteiger charge is -2.24. The number of carboxylic acid groups (broad SMARTS) is 1. The van der Waals surface area contributed by atoms with E-state index in [4.69, 9.17) is 14.2 Å². The van der Waals surface area contributed by atoms with E-state index >= 15 is 0 Å². The number of carbonyl (C=O) groups is 3. The van der Waals surface area contributed by atoms with Gasteiger partial charge in [-0.1, -0.05) is 48.5 Å². The molecule has 1 heterocycles. The minimum atomic E-state index is -1.20. The molecule has 1 saturated heterocycles. The Hall–Kier alpha value is -3.43. The Bertz CT molecular complexity index is 1040. The maximum Gasteiger partial charge on any atom is 0.407 e. The van der Waals surface area contributed by atoms with Crippen LogP contribution in [-0.4, -0.2) is 68.2 Å². The van der Waals surface area contributed by atoms with Gasteiger partial charge in [-0.15, -0.1) is 0 Å². The van der Waals surface area contributed by atoms with Crippen LogP contribution in [0.2, 0.25) is 0 Å². The number of methoxy groups -OCH3 is 1. The molecule has 3 N–H and O–H groups in total. The quantitative estimate of drug-likeness (QED) is 0.502. The summed E-state index contributed by atoms with van der Waals surface area (Å²) in [6.45, 7) is 2.27. The van der Waals surface area contributed by atoms with Crippen LogP contribution in [0, 0.1) is 5.92 Å². The van der Waals surface area contributed by atoms with Crippen LogP contribution in [0.5, 0.6) is 0 Å². The van der Waals surface area contributed by atoms with Crippen molar-refractivity contribution in [2.75, 3.05) is 26.9 Å². The molecule has 2 amide bonds. The summed E-state index contributed by atoms with van der Waals surface area (Å²) in [5, 5.41) is 14.6. The van der Waals surface area contributed by atoms with Crippen molar-refractivity contribution in [1.29, 1.82) is 0 Å². The predicted octanol–water partition coefficient (Wildman–Crippen LogP) is 2.53. The molecule has 0 radical (unpaired) electrons. The van der Waals surface area contributed by atoms with E-state index in [2.05, 4.69) is 34.9 Å². The van der Waals surface area contributed by atoms with Gasteiger partial charge in [-0.05, 0) is 35.6 Å². The number of aliphatic carboxylic acids is 1. The lowest BCUT2D eigenvalue weighted by molar-refractivity contribution is -0.147. The third kappa shape index (κ3) is 5.31. The Morgan fingerprint density at radius 1 is 1.09 bits per heavy atom. The van der Waals surface area contributed by atoms with Crippen LogP contribution in [-0.2, 0) is 23.8 Å². The molecule has 4 atom stereocenters. The Labute approximate surface area is 203 Å². The number of amides is 2. The van der Waals surface area contributed by atoms with Crippen molar-refractivity contribution >= 4 is 18.0 Å². The summed E-state index contributed by atoms with van der Waals surface area (Å²) in [5.74, 6) is -2.09. The second kappa shape index (κ2) is 10.9. The molecule has 1 fully saturated rings. The maximum atomic E-state index is 12.7. The molecule has 1 aliphatic carbocycles. The van der Waals surface area contributed by atoms with Gasteiger partial charge in [-0.2, -0.15) is 0 Å². The number of carbonyl (C=O) groups excluding carboxylic acids is 2. The number of carboxylic acids is 1. The minimum absolute atomic E-state index is 0.0442. The van der Waals surface area contributed by atoms with Crippen molar-refractivity contribution in [3.63, 3.8) is 0 Å². The van der Waals surface area contributed by atoms with Crippen LogP contribution in [0.1, 0.15) is 30.4 Å². The fourth-order valence-corrected chi connectivity index (χ4v) is 4.75. The fourth-order valence-electron chi connectivity index (χ4n) is 4.75. The zero-order valence-electron chi connectivity index (χ0n) is 19.7. The normalized spacial score (nSPS) is 20.4. The largest absolute Gasteiger partial charge is 0.480 e. The van der Waals surface area contributed by atoms with Gasteiger partial charge in [-0.25, -0.2) is 9.59 Å². The van der Waals surface area contributed by atoms with Gasteiger partial charge in [-0.3, -0.25) is 4.79 Å². The smallest absolute Gasteiger partial charge is 0.407 e. The van der Waals surface area contributed by atoms with Gasteiger partial charge in [0.05, 0.1) is 6.10 Å². The summed E-state index contributed by atoms with van der Waals surface area (Å²) in [6.07, 6.45) is -1.60. The highest BCUT2D eigenvalue weighted by Gasteiger charge is 2.37. The van der Waals surface area contributed by atoms with E-state index in [0.717, 1.165) is 22.3 Å². The highest BCUT2D eigenvalue weighted by molar-refractivity contribution is 5.87. The van der Waals surface area contributed by atoms with E-state index in [1.807, 2.05) is 24.3 Å². The van der Waals surface area contributed by atoms with Crippen molar-refractivity contribution in [2.45, 2.75) is 37.5 Å². The van der Waals surface area contributed by atoms with E-state index in [-0.39, 0.29) is 25.0 Å². The lowest BCUT2D eigenvalue weighted by Crippen LogP contribution is -2.53. The average Bonchev–Trinajstić information content (AvgIpc) is 3.47. The van der Waals surface area contributed by atoms with Gasteiger partial charge in [0.1, 0.15) is 12.7 Å². The molecule has 0 aromatic heterocycles. The van der Waals surface area contributed by atoms with E-state index < -0.39 is 36.2 Å². The first kappa shape index (κ1) is 24.7. The Kier molecular flexibility index (Phi) is 7.67. The van der Waals surface area contributed by atoms with E-state index in [1.165, 1.54) is 7.11 Å². The van der Waals surface area contributed by atoms with Gasteiger partial charge in [0, 0.05) is 32.1 Å². The van der Waals surface area contributed by atoms with E-state index in [0.29, 0.717) is 13.0 Å². The number of benzene rings is 2. The maximum absolute atomic E-state index is 12.7. The number of rotatable bonds is 9. The molecule has 9 nitrogen and oxygen atoms in total. The van der Waals surface area contributed by atoms with E-state index in [1.54, 1.807) is 6.92 Å². The molecule has 0 bridgehead atoms. The highest BCUT2D eigenvalue weighted by Crippen LogP contribution is 2.44. The molecule has 1 aliphatic heterocycles. The lowest BCUT2D eigenvalue weighted by atomic mass is 9.98. The zero-order valence-corrected chi connectivity index (χ0v) is 19.7. The van der Waals surface area contributed by atoms with Crippen LogP contribution in [0.15, 0.2) is 48.5 Å². The van der Waals surface area contributed by atoms with Gasteiger partial charge in [0.15, 0.2) is 6.04 Å². The molecule has 2 aromatic rings. The van der Waals surface area contributed by atoms with Gasteiger partial charge in [0.2, 0.25) is 5.91 Å². The summed E-state index contributed by atoms with van der Waals surface area (Å²) in [6, 6.07) is 15.0. The third-order valence-corrected chi connectivity index (χ3v) is 6.73. The molecule has 4 rings (SSSR count). The third-order valence-electron chi connectivity index (χ3n) is 6.73. The van der Waals surface area contributed by atoms with Crippen molar-refractivity contribution < 1.29 is 33.7 Å². The molecule has 2 aliphatic rings. The molecule has 2 aromatic carbocycles. The summed E-state index contributed by atoms with van der Waals surface area (Å²) >= 11 is 0. The van der Waals surface area contributed by atoms with Crippen LogP contribution in [0.3, 0.4) is 0 Å². The molecule has 0 saturated carbocycles. The van der Waals surface area contributed by atoms with Crippen LogP contribution < -0.4 is 10.6 Å². The number of hydrogen-bond acceptors (Lipinski definition) is 6. The first-order valence-electron chi connectivity index (χ1n) is 11.7. The molecule has 186 valence electrons. The van der Waals surface area contributed by atoms with Crippen molar-refractivity contribution in [2.24, 2.45) is 5.92 Å². The zero-order chi connectivity index (χ0) is 24.9. The van der Waals surface area contributed by atoms with Crippen LogP contribution in [0.25, 0.3) is 11.1 Å². The minimum Gasteiger partial charge on any atom is -0.480 e. The van der Waals surface area contributed by atoms with E-state index in [9.17, 15) is 19.5 Å². The summed E-state index contributed by atoms with van der Waals surface area (Å²) in [7, 11) is 1.37. The first-order valence-corrected chi connectivity index (χ1v) is 11.7. The average molecular weight is 483 g/mol. The summed E-state index contributed by atoms with van der Waals surface area (Å²) in [5.41, 5.74) is 4.55. The van der Waals surface area contributed by atoms with Crippen LogP contribution >= 0.6 is 0 Å². The monoisotopic (exact) mass is 482 g/mol. The van der Waals surface area contributed by atoms with Gasteiger partial charge in [0.25, 0.3) is 0 Å². The second-order valence-corrected chi connectivity index (χ2v) is 8.81. The van der Waals surface area contributed by atoms with Gasteiger partial charge >= 0.3 is 12.1 Å². The van der Waals surface area contributed by atoms with Crippen molar-refractivity contribution in [1.82, 2.24) is 10.6 Å². The Balaban J connectivity index is 1.31. The van der Waals surface area contributed by atoms with Crippen molar-refractivity contribution in [3.05, 3.63) is 59.7 Å². The SMILES string of the molecule is COC(C)C(NC(=O)[C@@H]1OCC[C@@H]1CNC(=O)OCC1c2ccccc2-c2ccccc21)C(=O)O. The molecule has 35 heavy (non-hydrogen) atoms. The number of fused-ring (bicyclic) bond motifs is 3. The first-order chi connectivity index (χ1) is 16.9. The fraction of sp³-hybridized carbons (Fsp3) is 0.423. The number of ether oxygens (including phenoxy) is 3. The number of nitrogens with one attached hydrogen (secondary N) is 2. The Morgan fingerprint density at radius 2 is 1.71 bits per heavy atom. The second-order valence-electron chi connectivity index (χ2n) is 8.81. The summed E-state index contributed by atoms with van der Waals surface area (Å²) in [4.78, 5) is 36.6. The standard InChI is InChI=1S/C26H30N2O7/c1-15(33-2)22(25(30)31)28-24(29)23-16(11-12-34-23)13-27-26(32)35-14-21-19-9-5-3-7-17(19)18-8-4-6-10-20(18)21/h3-10,15-16,21-23H,11-14H2,1-2H3,(H,27,32)(H,28,29)(H,30,31)/t15?,16-,22?,23-/m1/s1. The predicted molar refractivity (Wildman–Crippen MR) is 127 cm³/mol. The van der Waals surface area contributed by atoms with Crippen LogP contribution in [0.4, 0.5) is 4.79 Å². The topological polar surface area (TPSA) is 123 Å². The molecule has 2 unspecified atom stereocenters. The number of hydrogen-bond donors (Lipinski definition) is 3. The molecule has 9 heteroatoms. The number of alkyl carbamates (subject to hydrolysis) is 1. The molecular formula is C26H30N2O7.